The Morgan fingerprint density at radius 3 is 2.46 bits per heavy atom. The maximum absolute atomic E-state index is 5.75. The molecular weight excluding hydrogens is 467 g/mol. The van der Waals surface area contributed by atoms with E-state index in [-0.39, 0.29) is 24.0 Å². The molecule has 0 aromatic heterocycles. The van der Waals surface area contributed by atoms with E-state index in [4.69, 9.17) is 9.47 Å². The summed E-state index contributed by atoms with van der Waals surface area (Å²) >= 11 is 0. The zero-order valence-electron chi connectivity index (χ0n) is 17.7. The van der Waals surface area contributed by atoms with Crippen molar-refractivity contribution in [2.45, 2.75) is 51.8 Å². The molecule has 0 saturated carbocycles. The zero-order valence-corrected chi connectivity index (χ0v) is 20.1. The molecule has 0 aliphatic carbocycles. The van der Waals surface area contributed by atoms with Gasteiger partial charge in [0, 0.05) is 45.4 Å². The van der Waals surface area contributed by atoms with Crippen molar-refractivity contribution in [3.8, 4) is 5.75 Å². The van der Waals surface area contributed by atoms with Crippen LogP contribution in [0.15, 0.2) is 29.3 Å². The molecule has 0 radical (unpaired) electrons. The molecule has 6 nitrogen and oxygen atoms in total. The highest BCUT2D eigenvalue weighted by atomic mass is 127. The van der Waals surface area contributed by atoms with E-state index in [0.29, 0.717) is 18.7 Å². The van der Waals surface area contributed by atoms with E-state index in [2.05, 4.69) is 34.4 Å². The largest absolute Gasteiger partial charge is 0.497 e. The summed E-state index contributed by atoms with van der Waals surface area (Å²) in [6.45, 7) is 9.06. The maximum Gasteiger partial charge on any atom is 0.191 e. The van der Waals surface area contributed by atoms with Crippen molar-refractivity contribution in [3.63, 3.8) is 0 Å². The lowest BCUT2D eigenvalue weighted by molar-refractivity contribution is 0.119. The maximum atomic E-state index is 5.75. The van der Waals surface area contributed by atoms with Crippen LogP contribution < -0.4 is 15.4 Å². The minimum absolute atomic E-state index is 0. The molecule has 28 heavy (non-hydrogen) atoms. The molecule has 0 spiro atoms. The number of guanidine groups is 1. The van der Waals surface area contributed by atoms with Crippen LogP contribution in [-0.4, -0.2) is 63.3 Å². The summed E-state index contributed by atoms with van der Waals surface area (Å²) in [5.74, 6) is 1.77. The van der Waals surface area contributed by atoms with E-state index < -0.39 is 0 Å². The number of methoxy groups -OCH3 is 1. The van der Waals surface area contributed by atoms with Crippen molar-refractivity contribution in [1.29, 1.82) is 0 Å². The van der Waals surface area contributed by atoms with Crippen molar-refractivity contribution >= 4 is 29.9 Å². The number of rotatable bonds is 9. The second kappa shape index (κ2) is 14.0. The quantitative estimate of drug-likeness (QED) is 0.234. The number of aliphatic imine (C=N–C) groups is 1. The highest BCUT2D eigenvalue weighted by molar-refractivity contribution is 14.0. The first-order chi connectivity index (χ1) is 13.1. The third-order valence-corrected chi connectivity index (χ3v) is 5.01. The number of hydrogen-bond donors (Lipinski definition) is 2. The van der Waals surface area contributed by atoms with E-state index in [1.54, 1.807) is 7.11 Å². The van der Waals surface area contributed by atoms with E-state index in [1.807, 2.05) is 31.3 Å². The van der Waals surface area contributed by atoms with Gasteiger partial charge in [0.1, 0.15) is 5.75 Å². The van der Waals surface area contributed by atoms with Gasteiger partial charge in [0.25, 0.3) is 0 Å². The average Bonchev–Trinajstić information content (AvgIpc) is 2.70. The van der Waals surface area contributed by atoms with E-state index in [0.717, 1.165) is 49.9 Å². The molecule has 1 heterocycles. The molecule has 160 valence electrons. The lowest BCUT2D eigenvalue weighted by atomic mass is 10.0. The summed E-state index contributed by atoms with van der Waals surface area (Å²) in [4.78, 5) is 6.88. The monoisotopic (exact) mass is 504 g/mol. The van der Waals surface area contributed by atoms with Gasteiger partial charge < -0.3 is 25.0 Å². The number of halogens is 1. The number of hydrogen-bond acceptors (Lipinski definition) is 4. The summed E-state index contributed by atoms with van der Waals surface area (Å²) in [7, 11) is 3.51. The summed E-state index contributed by atoms with van der Waals surface area (Å²) in [6, 6.07) is 9.14. The first kappa shape index (κ1) is 25.0. The Kier molecular flexibility index (Phi) is 12.5. The first-order valence-corrected chi connectivity index (χ1v) is 10.0. The van der Waals surface area contributed by atoms with Gasteiger partial charge >= 0.3 is 0 Å². The molecule has 1 aliphatic heterocycles. The van der Waals surface area contributed by atoms with Gasteiger partial charge in [-0.05, 0) is 50.8 Å². The smallest absolute Gasteiger partial charge is 0.191 e. The number of nitrogens with zero attached hydrogens (tertiary/aromatic N) is 2. The van der Waals surface area contributed by atoms with Crippen LogP contribution >= 0.6 is 24.0 Å². The van der Waals surface area contributed by atoms with Gasteiger partial charge in [-0.1, -0.05) is 12.1 Å². The van der Waals surface area contributed by atoms with Crippen molar-refractivity contribution in [3.05, 3.63) is 29.8 Å². The molecule has 1 fully saturated rings. The summed E-state index contributed by atoms with van der Waals surface area (Å²) in [5.41, 5.74) is 1.16. The molecule has 1 aromatic rings. The molecule has 2 N–H and O–H groups in total. The number of likely N-dealkylation sites (tertiary alicyclic amines) is 1. The SMILES string of the molecule is CN=C(NCCCOCc1ccc(OC)cc1)NC1CCN(C(C)C)CC1.I. The predicted octanol–water partition coefficient (Wildman–Crippen LogP) is 3.26. The zero-order chi connectivity index (χ0) is 19.5. The lowest BCUT2D eigenvalue weighted by Crippen LogP contribution is -2.50. The Hall–Kier alpha value is -1.06. The van der Waals surface area contributed by atoms with Crippen LogP contribution in [-0.2, 0) is 11.3 Å². The van der Waals surface area contributed by atoms with E-state index >= 15 is 0 Å². The van der Waals surface area contributed by atoms with Crippen LogP contribution in [0.4, 0.5) is 0 Å². The van der Waals surface area contributed by atoms with Gasteiger partial charge in [-0.15, -0.1) is 24.0 Å². The minimum Gasteiger partial charge on any atom is -0.497 e. The van der Waals surface area contributed by atoms with Crippen LogP contribution in [0.2, 0.25) is 0 Å². The van der Waals surface area contributed by atoms with E-state index in [9.17, 15) is 0 Å². The van der Waals surface area contributed by atoms with Crippen molar-refractivity contribution < 1.29 is 9.47 Å². The van der Waals surface area contributed by atoms with E-state index in [1.165, 1.54) is 12.8 Å². The van der Waals surface area contributed by atoms with Crippen molar-refractivity contribution in [2.24, 2.45) is 4.99 Å². The van der Waals surface area contributed by atoms with Gasteiger partial charge in [0.15, 0.2) is 5.96 Å². The molecule has 0 bridgehead atoms. The minimum atomic E-state index is 0. The highest BCUT2D eigenvalue weighted by Gasteiger charge is 2.21. The molecule has 1 aliphatic rings. The molecule has 2 rings (SSSR count). The Morgan fingerprint density at radius 1 is 1.21 bits per heavy atom. The third-order valence-electron chi connectivity index (χ3n) is 5.01. The summed E-state index contributed by atoms with van der Waals surface area (Å²) in [6.07, 6.45) is 3.29. The number of benzene rings is 1. The van der Waals surface area contributed by atoms with Crippen LogP contribution in [0.1, 0.15) is 38.7 Å². The predicted molar refractivity (Wildman–Crippen MR) is 127 cm³/mol. The third kappa shape index (κ3) is 8.96. The Bertz CT molecular complexity index is 558. The second-order valence-electron chi connectivity index (χ2n) is 7.30. The molecule has 1 aromatic carbocycles. The topological polar surface area (TPSA) is 58.1 Å². The van der Waals surface area contributed by atoms with Gasteiger partial charge in [0.05, 0.1) is 13.7 Å². The summed E-state index contributed by atoms with van der Waals surface area (Å²) in [5, 5.41) is 6.95. The average molecular weight is 504 g/mol. The molecule has 0 atom stereocenters. The fourth-order valence-electron chi connectivity index (χ4n) is 3.24. The molecule has 7 heteroatoms. The highest BCUT2D eigenvalue weighted by Crippen LogP contribution is 2.13. The molecule has 0 unspecified atom stereocenters. The van der Waals surface area contributed by atoms with Gasteiger partial charge in [0.2, 0.25) is 0 Å². The van der Waals surface area contributed by atoms with Crippen LogP contribution in [0, 0.1) is 0 Å². The Morgan fingerprint density at radius 2 is 1.89 bits per heavy atom. The van der Waals surface area contributed by atoms with Crippen LogP contribution in [0.3, 0.4) is 0 Å². The van der Waals surface area contributed by atoms with Crippen molar-refractivity contribution in [2.75, 3.05) is 40.4 Å². The Balaban J connectivity index is 0.00000392. The normalized spacial score (nSPS) is 16.0. The fourth-order valence-corrected chi connectivity index (χ4v) is 3.24. The number of ether oxygens (including phenoxy) is 2. The number of piperidine rings is 1. The van der Waals surface area contributed by atoms with Gasteiger partial charge in [-0.2, -0.15) is 0 Å². The Labute approximate surface area is 187 Å². The number of nitrogens with one attached hydrogen (secondary N) is 2. The van der Waals surface area contributed by atoms with Gasteiger partial charge in [-0.3, -0.25) is 4.99 Å². The van der Waals surface area contributed by atoms with Crippen molar-refractivity contribution in [1.82, 2.24) is 15.5 Å². The molecule has 0 amide bonds. The van der Waals surface area contributed by atoms with Crippen LogP contribution in [0.25, 0.3) is 0 Å². The second-order valence-corrected chi connectivity index (χ2v) is 7.30. The fraction of sp³-hybridized carbons (Fsp3) is 0.667. The van der Waals surface area contributed by atoms with Gasteiger partial charge in [-0.25, -0.2) is 0 Å². The summed E-state index contributed by atoms with van der Waals surface area (Å²) < 4.78 is 10.9. The van der Waals surface area contributed by atoms with Crippen LogP contribution in [0.5, 0.6) is 5.75 Å². The first-order valence-electron chi connectivity index (χ1n) is 10.0. The molecular formula is C21H37IN4O2. The standard InChI is InChI=1S/C21H36N4O2.HI/c1-17(2)25-13-10-19(11-14-25)24-21(22-3)23-12-5-15-27-16-18-6-8-20(26-4)9-7-18;/h6-9,17,19H,5,10-16H2,1-4H3,(H2,22,23,24);1H. The molecule has 1 saturated heterocycles. The lowest BCUT2D eigenvalue weighted by Gasteiger charge is -2.35.